The molecule has 0 unspecified atom stereocenters. The number of nitrogens with zero attached hydrogens (tertiary/aromatic N) is 4. The third kappa shape index (κ3) is 20.9. The van der Waals surface area contributed by atoms with Crippen molar-refractivity contribution in [3.63, 3.8) is 0 Å². The van der Waals surface area contributed by atoms with Crippen LogP contribution >= 0.6 is 0 Å². The van der Waals surface area contributed by atoms with Crippen molar-refractivity contribution in [3.05, 3.63) is 0 Å². The smallest absolute Gasteiger partial charge is 0.109 e. The third-order valence-electron chi connectivity index (χ3n) is 15.9. The zero-order chi connectivity index (χ0) is 52.6. The Morgan fingerprint density at radius 3 is 0.845 bits per heavy atom. The summed E-state index contributed by atoms with van der Waals surface area (Å²) in [4.78, 5) is 7.60. The first kappa shape index (κ1) is 64.5. The number of β-amino-alcohol motifs (C(OH)–C–C–N with tert-alkyl or cyclic N) is 4. The van der Waals surface area contributed by atoms with Crippen LogP contribution in [-0.4, -0.2) is 278 Å². The molecule has 0 aromatic heterocycles. The fraction of sp³-hybridized carbons (Fsp3) is 1.00. The predicted octanol–water partition coefficient (Wildman–Crippen LogP) is -2.31. The van der Waals surface area contributed by atoms with E-state index in [2.05, 4.69) is 13.8 Å². The number of aliphatic hydroxyl groups is 16. The lowest BCUT2D eigenvalue weighted by Crippen LogP contribution is -2.63. The summed E-state index contributed by atoms with van der Waals surface area (Å²) in [5.41, 5.74) is 0. The predicted molar refractivity (Wildman–Crippen MR) is 268 cm³/mol. The van der Waals surface area contributed by atoms with Gasteiger partial charge in [0.2, 0.25) is 0 Å². The molecular weight excluding hydrogens is 925 g/mol. The highest BCUT2D eigenvalue weighted by Gasteiger charge is 2.45. The number of unbranched alkanes of at least 4 members (excludes halogenated alkanes) is 11. The number of likely N-dealkylation sites (tertiary alicyclic amines) is 4. The van der Waals surface area contributed by atoms with Crippen molar-refractivity contribution in [3.8, 4) is 0 Å². The van der Waals surface area contributed by atoms with Crippen molar-refractivity contribution >= 4 is 0 Å². The van der Waals surface area contributed by atoms with Crippen LogP contribution in [0, 0.1) is 11.8 Å². The average Bonchev–Trinajstić information content (AvgIpc) is 4.03. The van der Waals surface area contributed by atoms with E-state index in [1.807, 2.05) is 19.6 Å². The Morgan fingerprint density at radius 1 is 0.310 bits per heavy atom. The van der Waals surface area contributed by atoms with Crippen LogP contribution in [0.4, 0.5) is 0 Å². The maximum atomic E-state index is 9.87. The second-order valence-electron chi connectivity index (χ2n) is 21.6. The van der Waals surface area contributed by atoms with E-state index in [-0.39, 0.29) is 26.4 Å². The van der Waals surface area contributed by atoms with Crippen molar-refractivity contribution in [1.29, 1.82) is 0 Å². The Kier molecular flexibility index (Phi) is 31.6. The van der Waals surface area contributed by atoms with Crippen LogP contribution in [0.3, 0.4) is 0 Å². The van der Waals surface area contributed by atoms with E-state index in [1.54, 1.807) is 0 Å². The molecule has 2 aliphatic carbocycles. The second kappa shape index (κ2) is 34.8. The summed E-state index contributed by atoms with van der Waals surface area (Å²) in [6.45, 7) is 8.04. The molecule has 16 N–H and O–H groups in total. The second-order valence-corrected chi connectivity index (χ2v) is 21.6. The zero-order valence-corrected chi connectivity index (χ0v) is 43.3. The molecule has 6 rings (SSSR count). The minimum atomic E-state index is -1.16. The molecule has 6 fully saturated rings. The number of hydrogen-bond donors (Lipinski definition) is 16. The maximum Gasteiger partial charge on any atom is 0.109 e. The molecule has 2 saturated carbocycles. The first-order chi connectivity index (χ1) is 34.0. The topological polar surface area (TPSA) is 337 Å². The largest absolute Gasteiger partial charge is 0.395 e. The monoisotopic (exact) mass is 1030 g/mol. The summed E-state index contributed by atoms with van der Waals surface area (Å²) < 4.78 is 0. The molecule has 4 heterocycles. The molecule has 4 aliphatic heterocycles. The van der Waals surface area contributed by atoms with Crippen molar-refractivity contribution in [2.45, 2.75) is 233 Å². The lowest BCUT2D eigenvalue weighted by atomic mass is 9.93. The molecule has 422 valence electrons. The van der Waals surface area contributed by atoms with Crippen molar-refractivity contribution in [2.24, 2.45) is 11.8 Å². The Labute approximate surface area is 424 Å². The van der Waals surface area contributed by atoms with Crippen molar-refractivity contribution in [1.82, 2.24) is 19.6 Å². The highest BCUT2D eigenvalue weighted by atomic mass is 16.4. The van der Waals surface area contributed by atoms with Gasteiger partial charge >= 0.3 is 0 Å². The van der Waals surface area contributed by atoms with Gasteiger partial charge in [-0.3, -0.25) is 19.6 Å². The molecule has 0 aromatic carbocycles. The highest BCUT2D eigenvalue weighted by Crippen LogP contribution is 2.32. The Morgan fingerprint density at radius 2 is 0.563 bits per heavy atom. The SMILES string of the molecule is CCCCCCCCCN1C[C@H](O)[C@@H](O)[C@H](O)[C@H]1CO.CCCCCCCCN1C[C@H](O)[C@@H](O)[C@H](O)[C@H]1CO.OC[C@@H]1[C@@H](O)[C@H](O)[C@@H](O)CN1CC1CC1.OC[C@@H]1[C@@H](O)[C@H](O)[C@@H](O)CN1CC1CCCC1. The molecule has 71 heavy (non-hydrogen) atoms. The van der Waals surface area contributed by atoms with Crippen LogP contribution in [0.5, 0.6) is 0 Å². The zero-order valence-electron chi connectivity index (χ0n) is 43.3. The van der Waals surface area contributed by atoms with Crippen LogP contribution in [0.2, 0.25) is 0 Å². The van der Waals surface area contributed by atoms with E-state index in [4.69, 9.17) is 0 Å². The fourth-order valence-corrected chi connectivity index (χ4v) is 11.0. The van der Waals surface area contributed by atoms with Gasteiger partial charge in [0, 0.05) is 39.3 Å². The van der Waals surface area contributed by atoms with Crippen LogP contribution in [0.15, 0.2) is 0 Å². The molecule has 20 heteroatoms. The van der Waals surface area contributed by atoms with E-state index < -0.39 is 97.4 Å². The molecule has 0 radical (unpaired) electrons. The maximum absolute atomic E-state index is 9.87. The molecule has 6 aliphatic rings. The van der Waals surface area contributed by atoms with E-state index in [1.165, 1.54) is 96.3 Å². The van der Waals surface area contributed by atoms with Crippen molar-refractivity contribution in [2.75, 3.05) is 78.8 Å². The van der Waals surface area contributed by atoms with Crippen LogP contribution in [0.25, 0.3) is 0 Å². The van der Waals surface area contributed by atoms with Gasteiger partial charge in [-0.25, -0.2) is 0 Å². The molecule has 0 spiro atoms. The molecular formula is C51H102N4O16. The normalized spacial score (nSPS) is 36.6. The Bertz CT molecular complexity index is 1350. The quantitative estimate of drug-likeness (QED) is 0.0479. The van der Waals surface area contributed by atoms with Gasteiger partial charge in [0.25, 0.3) is 0 Å². The van der Waals surface area contributed by atoms with Gasteiger partial charge in [0.1, 0.15) is 48.8 Å². The minimum Gasteiger partial charge on any atom is -0.395 e. The van der Waals surface area contributed by atoms with E-state index in [0.717, 1.165) is 51.9 Å². The van der Waals surface area contributed by atoms with Crippen LogP contribution in [-0.2, 0) is 0 Å². The van der Waals surface area contributed by atoms with Gasteiger partial charge in [0.15, 0.2) is 0 Å². The summed E-state index contributed by atoms with van der Waals surface area (Å²) in [5, 5.41) is 153. The van der Waals surface area contributed by atoms with E-state index in [9.17, 15) is 81.7 Å². The summed E-state index contributed by atoms with van der Waals surface area (Å²) in [5.74, 6) is 1.23. The summed E-state index contributed by atoms with van der Waals surface area (Å²) >= 11 is 0. The van der Waals surface area contributed by atoms with Gasteiger partial charge in [-0.2, -0.15) is 0 Å². The van der Waals surface area contributed by atoms with Gasteiger partial charge in [-0.1, -0.05) is 97.3 Å². The fourth-order valence-electron chi connectivity index (χ4n) is 11.0. The molecule has 0 aromatic rings. The van der Waals surface area contributed by atoms with Gasteiger partial charge < -0.3 is 81.7 Å². The number of rotatable bonds is 23. The van der Waals surface area contributed by atoms with E-state index in [0.29, 0.717) is 38.0 Å². The summed E-state index contributed by atoms with van der Waals surface area (Å²) in [6, 6.07) is -1.82. The number of aliphatic hydroxyl groups excluding tert-OH is 16. The Hall–Kier alpha value is -0.800. The molecule has 20 nitrogen and oxygen atoms in total. The highest BCUT2D eigenvalue weighted by molar-refractivity contribution is 4.98. The number of hydrogen-bond acceptors (Lipinski definition) is 20. The minimum absolute atomic E-state index is 0.183. The van der Waals surface area contributed by atoms with Gasteiger partial charge in [0.05, 0.1) is 75.0 Å². The average molecular weight is 1030 g/mol. The van der Waals surface area contributed by atoms with Gasteiger partial charge in [-0.15, -0.1) is 0 Å². The number of piperidine rings is 4. The van der Waals surface area contributed by atoms with E-state index >= 15 is 0 Å². The lowest BCUT2D eigenvalue weighted by Gasteiger charge is -2.44. The molecule has 0 bridgehead atoms. The first-order valence-electron chi connectivity index (χ1n) is 27.6. The first-order valence-corrected chi connectivity index (χ1v) is 27.6. The summed E-state index contributed by atoms with van der Waals surface area (Å²) in [7, 11) is 0. The molecule has 4 saturated heterocycles. The van der Waals surface area contributed by atoms with Crippen LogP contribution < -0.4 is 0 Å². The lowest BCUT2D eigenvalue weighted by molar-refractivity contribution is -0.147. The molecule has 0 amide bonds. The van der Waals surface area contributed by atoms with Gasteiger partial charge in [-0.05, 0) is 63.5 Å². The van der Waals surface area contributed by atoms with Crippen molar-refractivity contribution < 1.29 is 81.7 Å². The third-order valence-corrected chi connectivity index (χ3v) is 15.9. The van der Waals surface area contributed by atoms with Crippen LogP contribution in [0.1, 0.15) is 136 Å². The Balaban J connectivity index is 0.000000251. The standard InChI is InChI=1S/C15H31NO4.C14H29NO4.C12H23NO4.C10H19NO4/c1-2-3-4-5-6-7-8-9-16-10-13(18)15(20)14(19)12(16)11-17;1-2-3-4-5-6-7-8-15-9-12(17)14(19)13(18)11(15)10-16;14-7-9-11(16)12(17)10(15)6-13(9)5-8-3-1-2-4-8;12-5-7-9(14)10(15)8(13)4-11(7)3-6-1-2-6/h12-15,17-20H,2-11H2,1H3;11-14,16-19H,2-10H2,1H3;8-12,14-17H,1-7H2;6-10,12-15H,1-5H2/t12-,13+,14-,15-;11-,12+,13-,14-;9-,10+,11-,12-;7-,8+,9-,10-/m1111/s1. The molecule has 16 atom stereocenters. The summed E-state index contributed by atoms with van der Waals surface area (Å²) in [6.07, 6.45) is 10.2.